The lowest BCUT2D eigenvalue weighted by Crippen LogP contribution is -2.59. The highest BCUT2D eigenvalue weighted by atomic mass is 16.5. The molecule has 8 nitrogen and oxygen atoms in total. The number of nitrogens with zero attached hydrogens (tertiary/aromatic N) is 3. The molecule has 3 fully saturated rings. The Morgan fingerprint density at radius 1 is 1.02 bits per heavy atom. The lowest BCUT2D eigenvalue weighted by Gasteiger charge is -2.39. The van der Waals surface area contributed by atoms with Crippen LogP contribution in [-0.4, -0.2) is 83.2 Å². The Bertz CT molecular complexity index is 1590. The van der Waals surface area contributed by atoms with Crippen molar-refractivity contribution in [2.45, 2.75) is 43.1 Å². The molecular weight excluding hydrogens is 554 g/mol. The number of carbonyl (C=O) groups excluding carboxylic acids is 3. The number of likely N-dealkylation sites (tertiary alicyclic amines) is 1. The predicted molar refractivity (Wildman–Crippen MR) is 170 cm³/mol. The highest BCUT2D eigenvalue weighted by Crippen LogP contribution is 2.59. The van der Waals surface area contributed by atoms with Gasteiger partial charge in [0.2, 0.25) is 11.8 Å². The van der Waals surface area contributed by atoms with Crippen LogP contribution in [0.4, 0.5) is 5.69 Å². The van der Waals surface area contributed by atoms with E-state index in [0.29, 0.717) is 31.5 Å². The molecule has 2 bridgehead atoms. The van der Waals surface area contributed by atoms with Gasteiger partial charge in [-0.3, -0.25) is 14.4 Å². The summed E-state index contributed by atoms with van der Waals surface area (Å²) in [5.74, 6) is -2.37. The van der Waals surface area contributed by atoms with Crippen molar-refractivity contribution >= 4 is 34.2 Å². The van der Waals surface area contributed by atoms with E-state index < -0.39 is 35.6 Å². The summed E-state index contributed by atoms with van der Waals surface area (Å²) in [6.07, 6.45) is 4.25. The molecule has 3 aliphatic heterocycles. The number of anilines is 1. The van der Waals surface area contributed by atoms with Gasteiger partial charge in [0.1, 0.15) is 11.6 Å². The third kappa shape index (κ3) is 4.82. The van der Waals surface area contributed by atoms with E-state index in [1.165, 1.54) is 0 Å². The summed E-state index contributed by atoms with van der Waals surface area (Å²) in [6, 6.07) is 21.7. The van der Waals surface area contributed by atoms with Gasteiger partial charge in [0.05, 0.1) is 30.6 Å². The van der Waals surface area contributed by atoms with Crippen LogP contribution in [-0.2, 0) is 25.5 Å². The first-order valence-corrected chi connectivity index (χ1v) is 15.3. The molecule has 3 saturated heterocycles. The number of fused-ring (bicyclic) bond motifs is 2. The molecule has 3 amide bonds. The molecule has 3 aromatic carbocycles. The minimum atomic E-state index is -1.19. The van der Waals surface area contributed by atoms with E-state index in [0.717, 1.165) is 16.3 Å². The number of aliphatic hydroxyl groups is 1. The van der Waals surface area contributed by atoms with Crippen molar-refractivity contribution in [1.29, 1.82) is 0 Å². The van der Waals surface area contributed by atoms with Gasteiger partial charge < -0.3 is 24.5 Å². The number of likely N-dealkylation sites (N-methyl/N-ethyl adjacent to an activating group) is 1. The molecule has 0 saturated carbocycles. The first-order chi connectivity index (χ1) is 21.3. The second-order valence-electron chi connectivity index (χ2n) is 12.1. The van der Waals surface area contributed by atoms with E-state index >= 15 is 0 Å². The molecule has 6 rings (SSSR count). The largest absolute Gasteiger partial charge is 0.394 e. The third-order valence-corrected chi connectivity index (χ3v) is 9.58. The maximum atomic E-state index is 15.0. The van der Waals surface area contributed by atoms with Crippen LogP contribution in [0.3, 0.4) is 0 Å². The summed E-state index contributed by atoms with van der Waals surface area (Å²) in [7, 11) is 1.69. The Hall–Kier alpha value is -4.27. The SMILES string of the molecule is C=CCN(C)C(=O)[C@@H]1[C@H]2C(=O)N([C@@H](CO)Cc3ccccc3)C(C(=O)N(CC=C)c3ccc4ccccc4c3)C23CC[C@H]1O3. The lowest BCUT2D eigenvalue weighted by atomic mass is 9.70. The molecule has 3 aromatic rings. The molecule has 228 valence electrons. The van der Waals surface area contributed by atoms with Crippen molar-refractivity contribution in [2.24, 2.45) is 11.8 Å². The van der Waals surface area contributed by atoms with Crippen LogP contribution < -0.4 is 4.90 Å². The van der Waals surface area contributed by atoms with Gasteiger partial charge in [-0.2, -0.15) is 0 Å². The summed E-state index contributed by atoms with van der Waals surface area (Å²) in [4.78, 5) is 48.1. The molecule has 44 heavy (non-hydrogen) atoms. The van der Waals surface area contributed by atoms with Crippen molar-refractivity contribution in [2.75, 3.05) is 31.6 Å². The molecule has 0 aromatic heterocycles. The Morgan fingerprint density at radius 3 is 2.43 bits per heavy atom. The summed E-state index contributed by atoms with van der Waals surface area (Å²) in [6.45, 7) is 7.88. The molecule has 2 unspecified atom stereocenters. The normalized spacial score (nSPS) is 26.0. The molecule has 0 radical (unpaired) electrons. The van der Waals surface area contributed by atoms with Crippen LogP contribution in [0, 0.1) is 11.8 Å². The number of rotatable bonds is 11. The number of amides is 3. The summed E-state index contributed by atoms with van der Waals surface area (Å²) < 4.78 is 6.67. The topological polar surface area (TPSA) is 90.4 Å². The quantitative estimate of drug-likeness (QED) is 0.340. The molecule has 1 spiro atoms. The zero-order valence-electron chi connectivity index (χ0n) is 25.0. The highest BCUT2D eigenvalue weighted by molar-refractivity contribution is 6.06. The van der Waals surface area contributed by atoms with Gasteiger partial charge in [-0.1, -0.05) is 72.8 Å². The molecule has 6 atom stereocenters. The van der Waals surface area contributed by atoms with E-state index in [1.54, 1.807) is 33.9 Å². The zero-order chi connectivity index (χ0) is 31.0. The van der Waals surface area contributed by atoms with Crippen molar-refractivity contribution in [3.63, 3.8) is 0 Å². The monoisotopic (exact) mass is 593 g/mol. The van der Waals surface area contributed by atoms with Crippen LogP contribution in [0.15, 0.2) is 98.1 Å². The minimum absolute atomic E-state index is 0.191. The van der Waals surface area contributed by atoms with E-state index in [4.69, 9.17) is 4.74 Å². The number of carbonyl (C=O) groups is 3. The molecule has 3 heterocycles. The van der Waals surface area contributed by atoms with Crippen LogP contribution >= 0.6 is 0 Å². The van der Waals surface area contributed by atoms with Gasteiger partial charge in [0.25, 0.3) is 5.91 Å². The highest BCUT2D eigenvalue weighted by Gasteiger charge is 2.75. The van der Waals surface area contributed by atoms with Crippen LogP contribution in [0.5, 0.6) is 0 Å². The van der Waals surface area contributed by atoms with E-state index in [-0.39, 0.29) is 30.9 Å². The minimum Gasteiger partial charge on any atom is -0.394 e. The first-order valence-electron chi connectivity index (χ1n) is 15.3. The van der Waals surface area contributed by atoms with Gasteiger partial charge in [0, 0.05) is 25.8 Å². The Kier molecular flexibility index (Phi) is 8.14. The van der Waals surface area contributed by atoms with Crippen LogP contribution in [0.1, 0.15) is 18.4 Å². The number of hydrogen-bond donors (Lipinski definition) is 1. The summed E-state index contributed by atoms with van der Waals surface area (Å²) >= 11 is 0. The van der Waals surface area contributed by atoms with Gasteiger partial charge >= 0.3 is 0 Å². The fourth-order valence-corrected chi connectivity index (χ4v) is 7.66. The third-order valence-electron chi connectivity index (χ3n) is 9.58. The fourth-order valence-electron chi connectivity index (χ4n) is 7.66. The standard InChI is InChI=1S/C36H39N3O5/c1-4-19-37(3)33(41)30-29-17-18-36(44-29)31(30)34(42)39(28(23-40)21-24-11-7-6-8-12-24)32(36)35(43)38(20-5-2)27-16-15-25-13-9-10-14-26(25)22-27/h4-16,22,28-32,40H,1-2,17-21,23H2,3H3/t28-,29-,30+,31+,32?,36?/m1/s1. The fraction of sp³-hybridized carbons (Fsp3) is 0.361. The number of aliphatic hydroxyl groups excluding tert-OH is 1. The molecule has 0 aliphatic carbocycles. The second-order valence-corrected chi connectivity index (χ2v) is 12.1. The second kappa shape index (κ2) is 12.0. The van der Waals surface area contributed by atoms with Gasteiger partial charge in [0.15, 0.2) is 0 Å². The van der Waals surface area contributed by atoms with Gasteiger partial charge in [-0.05, 0) is 47.7 Å². The summed E-state index contributed by atoms with van der Waals surface area (Å²) in [5, 5.41) is 12.8. The molecule has 8 heteroatoms. The Labute approximate surface area is 258 Å². The van der Waals surface area contributed by atoms with Crippen molar-refractivity contribution < 1.29 is 24.2 Å². The van der Waals surface area contributed by atoms with E-state index in [9.17, 15) is 19.5 Å². The van der Waals surface area contributed by atoms with Gasteiger partial charge in [-0.15, -0.1) is 13.2 Å². The van der Waals surface area contributed by atoms with Gasteiger partial charge in [-0.25, -0.2) is 0 Å². The van der Waals surface area contributed by atoms with Crippen molar-refractivity contribution in [3.05, 3.63) is 104 Å². The number of hydrogen-bond acceptors (Lipinski definition) is 5. The zero-order valence-corrected chi connectivity index (χ0v) is 25.0. The van der Waals surface area contributed by atoms with E-state index in [2.05, 4.69) is 13.2 Å². The van der Waals surface area contributed by atoms with Crippen LogP contribution in [0.25, 0.3) is 10.8 Å². The smallest absolute Gasteiger partial charge is 0.253 e. The van der Waals surface area contributed by atoms with Crippen molar-refractivity contribution in [3.8, 4) is 0 Å². The Balaban J connectivity index is 1.45. The Morgan fingerprint density at radius 2 is 1.73 bits per heavy atom. The van der Waals surface area contributed by atoms with Crippen LogP contribution in [0.2, 0.25) is 0 Å². The molecular formula is C36H39N3O5. The maximum absolute atomic E-state index is 15.0. The number of ether oxygens (including phenoxy) is 1. The summed E-state index contributed by atoms with van der Waals surface area (Å²) in [5.41, 5.74) is 0.422. The maximum Gasteiger partial charge on any atom is 0.253 e. The van der Waals surface area contributed by atoms with Crippen molar-refractivity contribution in [1.82, 2.24) is 9.80 Å². The molecule has 1 N–H and O–H groups in total. The average molecular weight is 594 g/mol. The lowest BCUT2D eigenvalue weighted by molar-refractivity contribution is -0.146. The average Bonchev–Trinajstić information content (AvgIpc) is 3.69. The first kappa shape index (κ1) is 29.8. The molecule has 3 aliphatic rings. The number of benzene rings is 3. The van der Waals surface area contributed by atoms with E-state index in [1.807, 2.05) is 72.8 Å². The predicted octanol–water partition coefficient (Wildman–Crippen LogP) is 3.98.